The van der Waals surface area contributed by atoms with Crippen LogP contribution in [0.2, 0.25) is 0 Å². The molecule has 5 nitrogen and oxygen atoms in total. The van der Waals surface area contributed by atoms with Crippen molar-refractivity contribution in [3.63, 3.8) is 0 Å². The van der Waals surface area contributed by atoms with Gasteiger partial charge in [-0.2, -0.15) is 0 Å². The quantitative estimate of drug-likeness (QED) is 0.461. The van der Waals surface area contributed by atoms with Crippen molar-refractivity contribution in [1.29, 1.82) is 0 Å². The first-order valence-electron chi connectivity index (χ1n) is 10.3. The number of nitrogens with zero attached hydrogens (tertiary/aromatic N) is 1. The first kappa shape index (κ1) is 21.4. The van der Waals surface area contributed by atoms with E-state index in [1.807, 2.05) is 18.2 Å². The number of sulfonamides is 1. The maximum atomic E-state index is 12.5. The van der Waals surface area contributed by atoms with Crippen LogP contribution in [-0.2, 0) is 23.0 Å². The van der Waals surface area contributed by atoms with E-state index in [0.717, 1.165) is 29.7 Å². The molecule has 0 radical (unpaired) electrons. The van der Waals surface area contributed by atoms with Gasteiger partial charge in [0.25, 0.3) is 0 Å². The SMILES string of the molecule is CCCCCCn1cc(CCNS(=O)(=O)c2ccccc2)c2cc(OC)ccc21. The van der Waals surface area contributed by atoms with Gasteiger partial charge in [0, 0.05) is 30.2 Å². The average Bonchev–Trinajstić information content (AvgIpc) is 3.08. The molecule has 156 valence electrons. The van der Waals surface area contributed by atoms with Crippen molar-refractivity contribution in [2.75, 3.05) is 13.7 Å². The third-order valence-corrected chi connectivity index (χ3v) is 6.64. The van der Waals surface area contributed by atoms with Gasteiger partial charge in [0.2, 0.25) is 10.0 Å². The molecule has 0 unspecified atom stereocenters. The Bertz CT molecular complexity index is 1030. The summed E-state index contributed by atoms with van der Waals surface area (Å²) in [7, 11) is -1.83. The third-order valence-electron chi connectivity index (χ3n) is 5.16. The molecule has 0 fully saturated rings. The van der Waals surface area contributed by atoms with Gasteiger partial charge in [-0.25, -0.2) is 13.1 Å². The van der Waals surface area contributed by atoms with Gasteiger partial charge in [-0.15, -0.1) is 0 Å². The van der Waals surface area contributed by atoms with Crippen LogP contribution in [0, 0.1) is 0 Å². The molecule has 0 amide bonds. The predicted octanol–water partition coefficient (Wildman–Crippen LogP) is 4.75. The smallest absolute Gasteiger partial charge is 0.240 e. The molecule has 29 heavy (non-hydrogen) atoms. The number of benzene rings is 2. The third kappa shape index (κ3) is 5.40. The highest BCUT2D eigenvalue weighted by molar-refractivity contribution is 7.89. The largest absolute Gasteiger partial charge is 0.497 e. The summed E-state index contributed by atoms with van der Waals surface area (Å²) in [6.45, 7) is 3.54. The maximum absolute atomic E-state index is 12.5. The number of fused-ring (bicyclic) bond motifs is 1. The molecule has 1 aromatic heterocycles. The average molecular weight is 415 g/mol. The number of aryl methyl sites for hydroxylation is 1. The summed E-state index contributed by atoms with van der Waals surface area (Å²) in [6, 6.07) is 14.6. The Balaban J connectivity index is 1.75. The summed E-state index contributed by atoms with van der Waals surface area (Å²) >= 11 is 0. The van der Waals surface area contributed by atoms with E-state index in [1.54, 1.807) is 31.4 Å². The summed E-state index contributed by atoms with van der Waals surface area (Å²) in [5.41, 5.74) is 2.30. The summed E-state index contributed by atoms with van der Waals surface area (Å²) in [5.74, 6) is 0.812. The van der Waals surface area contributed by atoms with Gasteiger partial charge in [0.1, 0.15) is 5.75 Å². The fourth-order valence-corrected chi connectivity index (χ4v) is 4.63. The minimum absolute atomic E-state index is 0.292. The monoisotopic (exact) mass is 414 g/mol. The van der Waals surface area contributed by atoms with Crippen LogP contribution in [0.5, 0.6) is 5.75 Å². The summed E-state index contributed by atoms with van der Waals surface area (Å²) in [6.07, 6.45) is 7.62. The molecule has 0 atom stereocenters. The second-order valence-electron chi connectivity index (χ2n) is 7.25. The van der Waals surface area contributed by atoms with Crippen molar-refractivity contribution in [1.82, 2.24) is 9.29 Å². The normalized spacial score (nSPS) is 11.8. The lowest BCUT2D eigenvalue weighted by atomic mass is 10.1. The van der Waals surface area contributed by atoms with E-state index >= 15 is 0 Å². The van der Waals surface area contributed by atoms with Crippen molar-refractivity contribution in [3.05, 3.63) is 60.3 Å². The van der Waals surface area contributed by atoms with Gasteiger partial charge in [-0.1, -0.05) is 44.4 Å². The number of ether oxygens (including phenoxy) is 1. The van der Waals surface area contributed by atoms with E-state index in [2.05, 4.69) is 28.5 Å². The van der Waals surface area contributed by atoms with Crippen LogP contribution in [0.1, 0.15) is 38.2 Å². The Morgan fingerprint density at radius 2 is 1.83 bits per heavy atom. The number of methoxy groups -OCH3 is 1. The van der Waals surface area contributed by atoms with Gasteiger partial charge in [-0.3, -0.25) is 0 Å². The van der Waals surface area contributed by atoms with E-state index in [9.17, 15) is 8.42 Å². The van der Waals surface area contributed by atoms with E-state index in [-0.39, 0.29) is 0 Å². The van der Waals surface area contributed by atoms with Crippen molar-refractivity contribution in [2.45, 2.75) is 50.5 Å². The highest BCUT2D eigenvalue weighted by Gasteiger charge is 2.14. The summed E-state index contributed by atoms with van der Waals surface area (Å²) in [5, 5.41) is 1.12. The van der Waals surface area contributed by atoms with Crippen LogP contribution in [-0.4, -0.2) is 26.6 Å². The first-order chi connectivity index (χ1) is 14.0. The lowest BCUT2D eigenvalue weighted by Gasteiger charge is -2.06. The molecule has 0 saturated heterocycles. The predicted molar refractivity (Wildman–Crippen MR) is 118 cm³/mol. The molecule has 6 heteroatoms. The fraction of sp³-hybridized carbons (Fsp3) is 0.391. The first-order valence-corrected chi connectivity index (χ1v) is 11.7. The lowest BCUT2D eigenvalue weighted by Crippen LogP contribution is -2.25. The van der Waals surface area contributed by atoms with E-state index in [0.29, 0.717) is 17.9 Å². The van der Waals surface area contributed by atoms with Crippen LogP contribution in [0.3, 0.4) is 0 Å². The highest BCUT2D eigenvalue weighted by atomic mass is 32.2. The van der Waals surface area contributed by atoms with E-state index in [4.69, 9.17) is 4.74 Å². The van der Waals surface area contributed by atoms with Gasteiger partial charge in [-0.05, 0) is 48.7 Å². The Kier molecular flexibility index (Phi) is 7.34. The molecular formula is C23H30N2O3S. The second-order valence-corrected chi connectivity index (χ2v) is 9.02. The molecule has 3 aromatic rings. The van der Waals surface area contributed by atoms with Crippen molar-refractivity contribution in [3.8, 4) is 5.75 Å². The molecule has 0 spiro atoms. The van der Waals surface area contributed by atoms with Crippen LogP contribution in [0.25, 0.3) is 10.9 Å². The van der Waals surface area contributed by atoms with Crippen LogP contribution in [0.4, 0.5) is 0 Å². The highest BCUT2D eigenvalue weighted by Crippen LogP contribution is 2.27. The van der Waals surface area contributed by atoms with Gasteiger partial charge < -0.3 is 9.30 Å². The molecule has 0 aliphatic heterocycles. The number of rotatable bonds is 11. The van der Waals surface area contributed by atoms with Crippen molar-refractivity contribution >= 4 is 20.9 Å². The van der Waals surface area contributed by atoms with Crippen LogP contribution < -0.4 is 9.46 Å². The number of aromatic nitrogens is 1. The number of unbranched alkanes of at least 4 members (excludes halogenated alkanes) is 3. The Hall–Kier alpha value is -2.31. The second kappa shape index (κ2) is 9.94. The molecule has 1 heterocycles. The van der Waals surface area contributed by atoms with Gasteiger partial charge in [0.15, 0.2) is 0 Å². The zero-order valence-electron chi connectivity index (χ0n) is 17.2. The zero-order valence-corrected chi connectivity index (χ0v) is 18.0. The molecular weight excluding hydrogens is 384 g/mol. The van der Waals surface area contributed by atoms with Gasteiger partial charge >= 0.3 is 0 Å². The molecule has 0 saturated carbocycles. The maximum Gasteiger partial charge on any atom is 0.240 e. The molecule has 3 rings (SSSR count). The minimum atomic E-state index is -3.49. The standard InChI is InChI=1S/C23H30N2O3S/c1-3-4-5-9-16-25-18-19(22-17-20(28-2)12-13-23(22)25)14-15-24-29(26,27)21-10-7-6-8-11-21/h6-8,10-13,17-18,24H,3-5,9,14-16H2,1-2H3. The molecule has 0 bridgehead atoms. The van der Waals surface area contributed by atoms with Gasteiger partial charge in [0.05, 0.1) is 12.0 Å². The minimum Gasteiger partial charge on any atom is -0.497 e. The molecule has 0 aliphatic carbocycles. The lowest BCUT2D eigenvalue weighted by molar-refractivity contribution is 0.415. The molecule has 1 N–H and O–H groups in total. The van der Waals surface area contributed by atoms with Crippen LogP contribution in [0.15, 0.2) is 59.6 Å². The number of nitrogens with one attached hydrogen (secondary N) is 1. The molecule has 0 aliphatic rings. The van der Waals surface area contributed by atoms with Crippen LogP contribution >= 0.6 is 0 Å². The molecule has 2 aromatic carbocycles. The Morgan fingerprint density at radius 3 is 2.55 bits per heavy atom. The zero-order chi connectivity index (χ0) is 20.7. The summed E-state index contributed by atoms with van der Waals surface area (Å²) < 4.78 is 35.3. The Labute approximate surface area is 173 Å². The van der Waals surface area contributed by atoms with Crippen molar-refractivity contribution < 1.29 is 13.2 Å². The topological polar surface area (TPSA) is 60.3 Å². The number of hydrogen-bond donors (Lipinski definition) is 1. The van der Waals surface area contributed by atoms with E-state index in [1.165, 1.54) is 24.8 Å². The Morgan fingerprint density at radius 1 is 1.03 bits per heavy atom. The fourth-order valence-electron chi connectivity index (χ4n) is 3.57. The summed E-state index contributed by atoms with van der Waals surface area (Å²) in [4.78, 5) is 0.292. The number of hydrogen-bond acceptors (Lipinski definition) is 3. The van der Waals surface area contributed by atoms with E-state index < -0.39 is 10.0 Å². The van der Waals surface area contributed by atoms with Crippen molar-refractivity contribution in [2.24, 2.45) is 0 Å².